The van der Waals surface area contributed by atoms with Crippen molar-refractivity contribution in [1.82, 2.24) is 10.2 Å². The maximum atomic E-state index is 13.8. The molecule has 1 aliphatic heterocycles. The number of nitrogens with zero attached hydrogens (tertiary/aromatic N) is 1. The Kier molecular flexibility index (Phi) is 13.8. The lowest BCUT2D eigenvalue weighted by atomic mass is 10.0. The highest BCUT2D eigenvalue weighted by molar-refractivity contribution is 5.90. The first kappa shape index (κ1) is 35.0. The quantitative estimate of drug-likeness (QED) is 0.222. The molecular formula is C34H42N2O9. The molecule has 5 atom stereocenters. The second-order valence-electron chi connectivity index (χ2n) is 11.1. The van der Waals surface area contributed by atoms with Crippen LogP contribution in [-0.2, 0) is 46.5 Å². The van der Waals surface area contributed by atoms with Gasteiger partial charge in [0.2, 0.25) is 5.91 Å². The summed E-state index contributed by atoms with van der Waals surface area (Å²) in [6, 6.07) is 17.7. The Labute approximate surface area is 263 Å². The van der Waals surface area contributed by atoms with Gasteiger partial charge in [0.25, 0.3) is 0 Å². The van der Waals surface area contributed by atoms with Crippen molar-refractivity contribution in [2.24, 2.45) is 5.92 Å². The largest absolute Gasteiger partial charge is 0.478 e. The summed E-state index contributed by atoms with van der Waals surface area (Å²) in [4.78, 5) is 60.5. The van der Waals surface area contributed by atoms with E-state index in [2.05, 4.69) is 5.32 Å². The average Bonchev–Trinajstić information content (AvgIpc) is 3.64. The first-order chi connectivity index (χ1) is 21.6. The van der Waals surface area contributed by atoms with Crippen molar-refractivity contribution in [1.29, 1.82) is 0 Å². The average molecular weight is 623 g/mol. The van der Waals surface area contributed by atoms with Gasteiger partial charge < -0.3 is 24.6 Å². The van der Waals surface area contributed by atoms with Crippen molar-refractivity contribution in [3.8, 4) is 0 Å². The monoisotopic (exact) mass is 622 g/mol. The molecule has 242 valence electrons. The minimum absolute atomic E-state index is 0.0383. The third-order valence-corrected chi connectivity index (χ3v) is 7.91. The first-order valence-electron chi connectivity index (χ1n) is 15.2. The number of likely N-dealkylation sites (tertiary alicyclic amines) is 1. The van der Waals surface area contributed by atoms with Crippen LogP contribution in [0.2, 0.25) is 0 Å². The van der Waals surface area contributed by atoms with E-state index in [-0.39, 0.29) is 37.1 Å². The molecule has 1 saturated carbocycles. The molecule has 45 heavy (non-hydrogen) atoms. The SMILES string of the molecule is CCOC(=O)[C@H](CCc1ccccc1)N[C@@H](C)C(=O)N1[C@@H](C(=O)OCc2ccccc2)C[C@H]2CCC[C@H]21.O=C(O)/C=C\C(=O)O. The van der Waals surface area contributed by atoms with Gasteiger partial charge in [0.1, 0.15) is 18.7 Å². The first-order valence-corrected chi connectivity index (χ1v) is 15.2. The highest BCUT2D eigenvalue weighted by Crippen LogP contribution is 2.42. The molecule has 0 radical (unpaired) electrons. The molecular weight excluding hydrogens is 580 g/mol. The molecule has 1 amide bonds. The van der Waals surface area contributed by atoms with E-state index < -0.39 is 30.1 Å². The van der Waals surface area contributed by atoms with Crippen LogP contribution >= 0.6 is 0 Å². The van der Waals surface area contributed by atoms with Gasteiger partial charge in [0.15, 0.2) is 0 Å². The number of carbonyl (C=O) groups excluding carboxylic acids is 3. The molecule has 0 bridgehead atoms. The number of ether oxygens (including phenoxy) is 2. The van der Waals surface area contributed by atoms with Gasteiger partial charge >= 0.3 is 23.9 Å². The van der Waals surface area contributed by atoms with Crippen LogP contribution in [0.1, 0.15) is 57.1 Å². The summed E-state index contributed by atoms with van der Waals surface area (Å²) < 4.78 is 10.9. The van der Waals surface area contributed by atoms with E-state index in [4.69, 9.17) is 19.7 Å². The fourth-order valence-electron chi connectivity index (χ4n) is 5.85. The zero-order chi connectivity index (χ0) is 32.8. The maximum absolute atomic E-state index is 13.8. The lowest BCUT2D eigenvalue weighted by Gasteiger charge is -2.32. The Balaban J connectivity index is 0.000000610. The van der Waals surface area contributed by atoms with Crippen molar-refractivity contribution in [2.75, 3.05) is 6.61 Å². The molecule has 0 spiro atoms. The highest BCUT2D eigenvalue weighted by Gasteiger charge is 2.50. The normalized spacial score (nSPS) is 20.0. The molecule has 11 nitrogen and oxygen atoms in total. The Morgan fingerprint density at radius 3 is 2.09 bits per heavy atom. The van der Waals surface area contributed by atoms with Crippen LogP contribution in [0.25, 0.3) is 0 Å². The lowest BCUT2D eigenvalue weighted by Crippen LogP contribution is -2.55. The summed E-state index contributed by atoms with van der Waals surface area (Å²) in [5, 5.41) is 18.9. The van der Waals surface area contributed by atoms with Gasteiger partial charge in [-0.3, -0.25) is 14.9 Å². The highest BCUT2D eigenvalue weighted by atomic mass is 16.5. The fraction of sp³-hybridized carbons (Fsp3) is 0.441. The number of fused-ring (bicyclic) bond motifs is 1. The number of esters is 2. The molecule has 11 heteroatoms. The Bertz CT molecular complexity index is 1300. The number of hydrogen-bond acceptors (Lipinski definition) is 8. The summed E-state index contributed by atoms with van der Waals surface area (Å²) in [5.74, 6) is -3.09. The maximum Gasteiger partial charge on any atom is 0.329 e. The number of carboxylic acids is 2. The number of benzene rings is 2. The van der Waals surface area contributed by atoms with E-state index in [9.17, 15) is 24.0 Å². The molecule has 1 heterocycles. The van der Waals surface area contributed by atoms with Gasteiger partial charge in [-0.2, -0.15) is 0 Å². The van der Waals surface area contributed by atoms with Crippen molar-refractivity contribution in [3.63, 3.8) is 0 Å². The molecule has 0 unspecified atom stereocenters. The zero-order valence-corrected chi connectivity index (χ0v) is 25.7. The number of rotatable bonds is 13. The van der Waals surface area contributed by atoms with Crippen LogP contribution < -0.4 is 5.32 Å². The molecule has 2 aromatic rings. The van der Waals surface area contributed by atoms with E-state index in [0.29, 0.717) is 37.3 Å². The van der Waals surface area contributed by atoms with E-state index in [1.807, 2.05) is 60.7 Å². The van der Waals surface area contributed by atoms with Gasteiger partial charge in [-0.1, -0.05) is 67.1 Å². The molecule has 2 aromatic carbocycles. The molecule has 3 N–H and O–H groups in total. The molecule has 2 aliphatic rings. The van der Waals surface area contributed by atoms with Gasteiger partial charge in [-0.05, 0) is 63.0 Å². The van der Waals surface area contributed by atoms with E-state index >= 15 is 0 Å². The third kappa shape index (κ3) is 10.9. The van der Waals surface area contributed by atoms with Crippen molar-refractivity contribution in [2.45, 2.75) is 83.1 Å². The summed E-state index contributed by atoms with van der Waals surface area (Å²) in [5.41, 5.74) is 2.03. The van der Waals surface area contributed by atoms with Gasteiger partial charge in [-0.15, -0.1) is 0 Å². The summed E-state index contributed by atoms with van der Waals surface area (Å²) in [6.45, 7) is 4.00. The molecule has 2 fully saturated rings. The molecule has 1 aliphatic carbocycles. The number of amides is 1. The Hall–Kier alpha value is -4.51. The zero-order valence-electron chi connectivity index (χ0n) is 25.7. The predicted molar refractivity (Wildman–Crippen MR) is 165 cm³/mol. The van der Waals surface area contributed by atoms with Crippen molar-refractivity contribution < 1.29 is 43.7 Å². The fourth-order valence-corrected chi connectivity index (χ4v) is 5.85. The Morgan fingerprint density at radius 1 is 0.911 bits per heavy atom. The number of carboxylic acid groups (broad SMARTS) is 2. The number of carbonyl (C=O) groups is 5. The van der Waals surface area contributed by atoms with Crippen LogP contribution in [-0.4, -0.2) is 75.7 Å². The predicted octanol–water partition coefficient (Wildman–Crippen LogP) is 3.75. The van der Waals surface area contributed by atoms with Crippen LogP contribution in [0, 0.1) is 5.92 Å². The third-order valence-electron chi connectivity index (χ3n) is 7.91. The summed E-state index contributed by atoms with van der Waals surface area (Å²) in [7, 11) is 0. The summed E-state index contributed by atoms with van der Waals surface area (Å²) in [6.07, 6.45) is 5.89. The Morgan fingerprint density at radius 2 is 1.51 bits per heavy atom. The van der Waals surface area contributed by atoms with Gasteiger partial charge in [0.05, 0.1) is 12.6 Å². The number of nitrogens with one attached hydrogen (secondary N) is 1. The van der Waals surface area contributed by atoms with Gasteiger partial charge in [0, 0.05) is 18.2 Å². The number of aliphatic carboxylic acids is 2. The van der Waals surface area contributed by atoms with Crippen LogP contribution in [0.3, 0.4) is 0 Å². The van der Waals surface area contributed by atoms with Crippen LogP contribution in [0.4, 0.5) is 0 Å². The van der Waals surface area contributed by atoms with E-state index in [1.54, 1.807) is 18.7 Å². The molecule has 0 aromatic heterocycles. The topological polar surface area (TPSA) is 160 Å². The standard InChI is InChI=1S/C30H38N2O5.C4H4O4/c1-3-36-29(34)25(18-17-22-11-6-4-7-12-22)31-21(2)28(33)32-26-16-10-15-24(26)19-27(32)30(35)37-20-23-13-8-5-9-14-23;5-3(6)1-2-4(7)8/h4-9,11-14,21,24-27,31H,3,10,15-20H2,1-2H3;1-2H,(H,5,6)(H,7,8)/b;2-1-/t21-,24+,25-,26+,27+;/m0./s1. The molecule has 1 saturated heterocycles. The second kappa shape index (κ2) is 17.7. The minimum atomic E-state index is -1.26. The lowest BCUT2D eigenvalue weighted by molar-refractivity contribution is -0.156. The smallest absolute Gasteiger partial charge is 0.329 e. The number of hydrogen-bond donors (Lipinski definition) is 3. The number of aryl methyl sites for hydroxylation is 1. The van der Waals surface area contributed by atoms with Crippen molar-refractivity contribution in [3.05, 3.63) is 83.9 Å². The van der Waals surface area contributed by atoms with Gasteiger partial charge in [-0.25, -0.2) is 14.4 Å². The van der Waals surface area contributed by atoms with Crippen LogP contribution in [0.5, 0.6) is 0 Å². The molecule has 4 rings (SSSR count). The van der Waals surface area contributed by atoms with E-state index in [0.717, 1.165) is 30.4 Å². The summed E-state index contributed by atoms with van der Waals surface area (Å²) >= 11 is 0. The van der Waals surface area contributed by atoms with E-state index in [1.165, 1.54) is 0 Å². The second-order valence-corrected chi connectivity index (χ2v) is 11.1. The van der Waals surface area contributed by atoms with Crippen molar-refractivity contribution >= 4 is 29.8 Å². The van der Waals surface area contributed by atoms with Crippen LogP contribution in [0.15, 0.2) is 72.8 Å². The minimum Gasteiger partial charge on any atom is -0.478 e.